The molecule has 1 rings (SSSR count). The molecule has 0 radical (unpaired) electrons. The van der Waals surface area contributed by atoms with Crippen molar-refractivity contribution in [1.82, 2.24) is 9.78 Å². The van der Waals surface area contributed by atoms with Crippen LogP contribution in [0, 0.1) is 15.4 Å². The van der Waals surface area contributed by atoms with Crippen molar-refractivity contribution in [2.24, 2.45) is 0 Å². The average Bonchev–Trinajstić information content (AvgIpc) is 2.37. The Kier molecular flexibility index (Phi) is 3.43. The second-order valence-electron chi connectivity index (χ2n) is 2.10. The van der Waals surface area contributed by atoms with Gasteiger partial charge in [0.15, 0.2) is 0 Å². The van der Waals surface area contributed by atoms with Crippen molar-refractivity contribution in [1.29, 1.82) is 0 Å². The molecule has 0 amide bonds. The van der Waals surface area contributed by atoms with Crippen molar-refractivity contribution in [2.75, 3.05) is 0 Å². The second kappa shape index (κ2) is 4.39. The Morgan fingerprint density at radius 2 is 2.55 bits per heavy atom. The van der Waals surface area contributed by atoms with Crippen LogP contribution in [0.4, 0.5) is 0 Å². The van der Waals surface area contributed by atoms with Gasteiger partial charge in [0.25, 0.3) is 0 Å². The van der Waals surface area contributed by atoms with E-state index in [1.165, 1.54) is 3.57 Å². The molecule has 0 atom stereocenters. The molecule has 0 aliphatic rings. The zero-order valence-electron chi connectivity index (χ0n) is 6.34. The SMILES string of the molecule is CC#CCCn1cc(I)cn1. The van der Waals surface area contributed by atoms with Crippen molar-refractivity contribution in [3.05, 3.63) is 16.0 Å². The van der Waals surface area contributed by atoms with Crippen molar-refractivity contribution < 1.29 is 0 Å². The largest absolute Gasteiger partial charge is 0.271 e. The summed E-state index contributed by atoms with van der Waals surface area (Å²) in [5.41, 5.74) is 0. The molecule has 0 aliphatic heterocycles. The number of hydrogen-bond acceptors (Lipinski definition) is 1. The molecular weight excluding hydrogens is 251 g/mol. The molecular formula is C8H9IN2. The third-order valence-electron chi connectivity index (χ3n) is 1.24. The molecule has 3 heteroatoms. The highest BCUT2D eigenvalue weighted by atomic mass is 127. The van der Waals surface area contributed by atoms with Crippen LogP contribution in [0.2, 0.25) is 0 Å². The summed E-state index contributed by atoms with van der Waals surface area (Å²) >= 11 is 2.24. The molecule has 0 fully saturated rings. The molecule has 0 aliphatic carbocycles. The maximum atomic E-state index is 4.13. The highest BCUT2D eigenvalue weighted by Gasteiger charge is 1.91. The predicted octanol–water partition coefficient (Wildman–Crippen LogP) is 1.90. The molecule has 11 heavy (non-hydrogen) atoms. The van der Waals surface area contributed by atoms with Gasteiger partial charge in [0.05, 0.1) is 16.3 Å². The molecule has 0 saturated heterocycles. The summed E-state index contributed by atoms with van der Waals surface area (Å²) in [5, 5.41) is 4.13. The topological polar surface area (TPSA) is 17.8 Å². The summed E-state index contributed by atoms with van der Waals surface area (Å²) < 4.78 is 3.08. The van der Waals surface area contributed by atoms with Gasteiger partial charge in [-0.1, -0.05) is 0 Å². The molecule has 0 saturated carbocycles. The fraction of sp³-hybridized carbons (Fsp3) is 0.375. The van der Waals surface area contributed by atoms with Crippen molar-refractivity contribution in [3.8, 4) is 11.8 Å². The summed E-state index contributed by atoms with van der Waals surface area (Å²) in [7, 11) is 0. The summed E-state index contributed by atoms with van der Waals surface area (Å²) in [6, 6.07) is 0. The minimum absolute atomic E-state index is 0.883. The Morgan fingerprint density at radius 3 is 3.09 bits per heavy atom. The molecule has 0 unspecified atom stereocenters. The Bertz CT molecular complexity index is 280. The molecule has 1 heterocycles. The van der Waals surface area contributed by atoms with Gasteiger partial charge in [-0.05, 0) is 29.5 Å². The molecule has 0 spiro atoms. The van der Waals surface area contributed by atoms with Gasteiger partial charge in [-0.3, -0.25) is 4.68 Å². The van der Waals surface area contributed by atoms with Gasteiger partial charge in [0.1, 0.15) is 0 Å². The molecule has 2 nitrogen and oxygen atoms in total. The normalized spacial score (nSPS) is 8.91. The number of halogens is 1. The van der Waals surface area contributed by atoms with Gasteiger partial charge in [0.2, 0.25) is 0 Å². The van der Waals surface area contributed by atoms with E-state index in [0.29, 0.717) is 0 Å². The Hall–Kier alpha value is -0.500. The number of rotatable bonds is 2. The van der Waals surface area contributed by atoms with E-state index >= 15 is 0 Å². The monoisotopic (exact) mass is 260 g/mol. The minimum Gasteiger partial charge on any atom is -0.271 e. The van der Waals surface area contributed by atoms with Gasteiger partial charge in [0, 0.05) is 12.6 Å². The first kappa shape index (κ1) is 8.60. The minimum atomic E-state index is 0.883. The maximum absolute atomic E-state index is 4.13. The van der Waals surface area contributed by atoms with Gasteiger partial charge >= 0.3 is 0 Å². The molecule has 0 aromatic carbocycles. The lowest BCUT2D eigenvalue weighted by atomic mass is 10.4. The van der Waals surface area contributed by atoms with Gasteiger partial charge < -0.3 is 0 Å². The number of aromatic nitrogens is 2. The number of aryl methyl sites for hydroxylation is 1. The van der Waals surface area contributed by atoms with E-state index in [0.717, 1.165) is 13.0 Å². The van der Waals surface area contributed by atoms with Crippen LogP contribution >= 0.6 is 22.6 Å². The van der Waals surface area contributed by atoms with Gasteiger partial charge in [-0.2, -0.15) is 5.10 Å². The Morgan fingerprint density at radius 1 is 1.73 bits per heavy atom. The van der Waals surface area contributed by atoms with E-state index in [2.05, 4.69) is 39.5 Å². The Labute approximate surface area is 80.1 Å². The maximum Gasteiger partial charge on any atom is 0.0623 e. The fourth-order valence-corrected chi connectivity index (χ4v) is 1.20. The lowest BCUT2D eigenvalue weighted by Crippen LogP contribution is -1.96. The van der Waals surface area contributed by atoms with Crippen molar-refractivity contribution in [3.63, 3.8) is 0 Å². The highest BCUT2D eigenvalue weighted by Crippen LogP contribution is 2.01. The van der Waals surface area contributed by atoms with E-state index < -0.39 is 0 Å². The lowest BCUT2D eigenvalue weighted by molar-refractivity contribution is 0.629. The fourth-order valence-electron chi connectivity index (χ4n) is 0.756. The lowest BCUT2D eigenvalue weighted by Gasteiger charge is -1.93. The second-order valence-corrected chi connectivity index (χ2v) is 3.34. The van der Waals surface area contributed by atoms with Crippen molar-refractivity contribution >= 4 is 22.6 Å². The third kappa shape index (κ3) is 2.93. The Balaban J connectivity index is 2.43. The van der Waals surface area contributed by atoms with Crippen LogP contribution in [0.1, 0.15) is 13.3 Å². The summed E-state index contributed by atoms with van der Waals surface area (Å²) in [5.74, 6) is 5.84. The highest BCUT2D eigenvalue weighted by molar-refractivity contribution is 14.1. The van der Waals surface area contributed by atoms with Crippen molar-refractivity contribution in [2.45, 2.75) is 19.9 Å². The predicted molar refractivity (Wildman–Crippen MR) is 53.0 cm³/mol. The van der Waals surface area contributed by atoms with E-state index in [4.69, 9.17) is 0 Å². The van der Waals surface area contributed by atoms with E-state index in [1.54, 1.807) is 0 Å². The summed E-state index contributed by atoms with van der Waals surface area (Å²) in [4.78, 5) is 0. The molecule has 1 aromatic heterocycles. The van der Waals surface area contributed by atoms with Gasteiger partial charge in [-0.25, -0.2) is 0 Å². The molecule has 1 aromatic rings. The summed E-state index contributed by atoms with van der Waals surface area (Å²) in [6.07, 6.45) is 4.74. The van der Waals surface area contributed by atoms with Crippen LogP contribution in [-0.2, 0) is 6.54 Å². The first-order valence-corrected chi connectivity index (χ1v) is 4.48. The summed E-state index contributed by atoms with van der Waals surface area (Å²) in [6.45, 7) is 2.75. The quantitative estimate of drug-likeness (QED) is 0.586. The number of nitrogens with zero attached hydrogens (tertiary/aromatic N) is 2. The molecule has 58 valence electrons. The van der Waals surface area contributed by atoms with Crippen LogP contribution in [0.15, 0.2) is 12.4 Å². The van der Waals surface area contributed by atoms with Crippen LogP contribution < -0.4 is 0 Å². The van der Waals surface area contributed by atoms with Crippen LogP contribution in [0.3, 0.4) is 0 Å². The average molecular weight is 260 g/mol. The van der Waals surface area contributed by atoms with Crippen LogP contribution in [-0.4, -0.2) is 9.78 Å². The zero-order chi connectivity index (χ0) is 8.10. The molecule has 0 bridgehead atoms. The standard InChI is InChI=1S/C8H9IN2/c1-2-3-4-5-11-7-8(9)6-10-11/h6-7H,4-5H2,1H3. The van der Waals surface area contributed by atoms with E-state index in [-0.39, 0.29) is 0 Å². The number of hydrogen-bond donors (Lipinski definition) is 0. The van der Waals surface area contributed by atoms with E-state index in [9.17, 15) is 0 Å². The van der Waals surface area contributed by atoms with Crippen LogP contribution in [0.25, 0.3) is 0 Å². The first-order valence-electron chi connectivity index (χ1n) is 3.40. The molecule has 0 N–H and O–H groups in total. The third-order valence-corrected chi connectivity index (χ3v) is 1.80. The smallest absolute Gasteiger partial charge is 0.0623 e. The first-order chi connectivity index (χ1) is 5.33. The van der Waals surface area contributed by atoms with Gasteiger partial charge in [-0.15, -0.1) is 11.8 Å². The van der Waals surface area contributed by atoms with E-state index in [1.807, 2.05) is 24.0 Å². The zero-order valence-corrected chi connectivity index (χ0v) is 8.50. The van der Waals surface area contributed by atoms with Crippen LogP contribution in [0.5, 0.6) is 0 Å².